The topological polar surface area (TPSA) is 31.5 Å². The summed E-state index contributed by atoms with van der Waals surface area (Å²) in [6.07, 6.45) is 0. The summed E-state index contributed by atoms with van der Waals surface area (Å²) in [4.78, 5) is 0. The van der Waals surface area contributed by atoms with Crippen LogP contribution in [-0.4, -0.2) is 51.0 Å². The van der Waals surface area contributed by atoms with E-state index in [2.05, 4.69) is 0 Å². The molecule has 0 unspecified atom stereocenters. The van der Waals surface area contributed by atoms with Crippen molar-refractivity contribution in [3.8, 4) is 0 Å². The molecule has 24 valence electrons. The fraction of sp³-hybridized carbons (Fsp3) is 0. The van der Waals surface area contributed by atoms with Crippen LogP contribution in [0.25, 0.3) is 0 Å². The fourth-order valence-electron chi connectivity index (χ4n) is 0. The molecule has 0 amide bonds. The predicted molar refractivity (Wildman–Crippen MR) is 11.6 cm³/mol. The van der Waals surface area contributed by atoms with Crippen LogP contribution >= 0.6 is 0 Å². The molecule has 4 heavy (non-hydrogen) atoms. The number of rotatable bonds is 0. The summed E-state index contributed by atoms with van der Waals surface area (Å²) in [6.45, 7) is 0. The van der Waals surface area contributed by atoms with Crippen LogP contribution in [0, 0.1) is 35.6 Å². The van der Waals surface area contributed by atoms with Crippen LogP contribution in [0.3, 0.4) is 0 Å². The monoisotopic (exact) mass is 306 g/mol. The summed E-state index contributed by atoms with van der Waals surface area (Å²) in [5.74, 6) is 0. The molecule has 2 radical (unpaired) electrons. The first kappa shape index (κ1) is 27.3. The predicted octanol–water partition coefficient (Wildman–Crippen LogP) is -0.983. The number of hydrogen-bond acceptors (Lipinski definition) is 0. The smallest absolute Gasteiger partial charge is 1.00 e. The Balaban J connectivity index is 0. The van der Waals surface area contributed by atoms with Gasteiger partial charge in [0.2, 0.25) is 0 Å². The standard InChI is InChI=1S/Co.La.H2O.Sr.2H/h;;1H2;;;/q;;;+2;2*-1. The molecule has 1 nitrogen and oxygen atoms in total. The summed E-state index contributed by atoms with van der Waals surface area (Å²) in [6, 6.07) is 0. The first-order chi connectivity index (χ1) is 0. The average molecular weight is 305 g/mol. The van der Waals surface area contributed by atoms with Crippen LogP contribution in [0.2, 0.25) is 0 Å². The zero-order chi connectivity index (χ0) is 0. The van der Waals surface area contributed by atoms with Crippen LogP contribution < -0.4 is 0 Å². The van der Waals surface area contributed by atoms with Gasteiger partial charge < -0.3 is 8.33 Å². The summed E-state index contributed by atoms with van der Waals surface area (Å²) >= 11 is 0. The third kappa shape index (κ3) is 8.94. The fourth-order valence-corrected chi connectivity index (χ4v) is 0. The van der Waals surface area contributed by atoms with Gasteiger partial charge in [-0.1, -0.05) is 0 Å². The summed E-state index contributed by atoms with van der Waals surface area (Å²) < 4.78 is 0. The van der Waals surface area contributed by atoms with E-state index in [1.54, 1.807) is 0 Å². The second-order valence-electron chi connectivity index (χ2n) is 0. The van der Waals surface area contributed by atoms with E-state index in [1.165, 1.54) is 0 Å². The number of hydrogen-bond donors (Lipinski definition) is 0. The molecule has 0 atom stereocenters. The van der Waals surface area contributed by atoms with Crippen molar-refractivity contribution in [2.45, 2.75) is 0 Å². The van der Waals surface area contributed by atoms with Gasteiger partial charge >= 0.3 is 45.5 Å². The Hall–Kier alpha value is 3.14. The molecule has 4 heteroatoms. The summed E-state index contributed by atoms with van der Waals surface area (Å²) in [5, 5.41) is 0. The molecule has 0 rings (SSSR count). The van der Waals surface area contributed by atoms with Gasteiger partial charge in [0.15, 0.2) is 0 Å². The van der Waals surface area contributed by atoms with Crippen molar-refractivity contribution < 1.29 is 60.7 Å². The zero-order valence-electron chi connectivity index (χ0n) is 4.12. The van der Waals surface area contributed by atoms with Crippen molar-refractivity contribution in [3.05, 3.63) is 0 Å². The van der Waals surface area contributed by atoms with Gasteiger partial charge in [0.25, 0.3) is 0 Å². The second-order valence-corrected chi connectivity index (χ2v) is 0. The average Bonchev–Trinajstić information content (AvgIpc) is 0. The molecule has 0 fully saturated rings. The SMILES string of the molecule is O.[Co].[H-].[H-].[La].[Sr+2]. The molecule has 2 N–H and O–H groups in total. The van der Waals surface area contributed by atoms with Gasteiger partial charge in [-0.15, -0.1) is 0 Å². The minimum Gasteiger partial charge on any atom is -1.00 e. The van der Waals surface area contributed by atoms with Crippen molar-refractivity contribution in [3.63, 3.8) is 0 Å². The van der Waals surface area contributed by atoms with E-state index in [-0.39, 0.29) is 106 Å². The van der Waals surface area contributed by atoms with E-state index >= 15 is 0 Å². The van der Waals surface area contributed by atoms with Gasteiger partial charge in [0.05, 0.1) is 0 Å². The second kappa shape index (κ2) is 16.5. The zero-order valence-corrected chi connectivity index (χ0v) is 10.3. The molecule has 0 aliphatic heterocycles. The molecular formula is H4CoLaOSr. The molecule has 0 bridgehead atoms. The van der Waals surface area contributed by atoms with Crippen LogP contribution in [0.1, 0.15) is 2.85 Å². The van der Waals surface area contributed by atoms with Gasteiger partial charge in [-0.05, 0) is 0 Å². The molecular weight excluding hydrogens is 301 g/mol. The Kier molecular flexibility index (Phi) is 112. The Bertz CT molecular complexity index is 13.5. The van der Waals surface area contributed by atoms with E-state index in [9.17, 15) is 0 Å². The first-order valence-electron chi connectivity index (χ1n) is 0. The molecule has 0 heterocycles. The minimum atomic E-state index is 0. The van der Waals surface area contributed by atoms with Gasteiger partial charge in [0, 0.05) is 52.4 Å². The van der Waals surface area contributed by atoms with Crippen molar-refractivity contribution in [1.82, 2.24) is 0 Å². The van der Waals surface area contributed by atoms with E-state index < -0.39 is 0 Å². The van der Waals surface area contributed by atoms with Crippen LogP contribution in [0.4, 0.5) is 0 Å². The van der Waals surface area contributed by atoms with E-state index in [0.717, 1.165) is 0 Å². The maximum absolute atomic E-state index is 0. The Morgan fingerprint density at radius 2 is 1.25 bits per heavy atom. The quantitative estimate of drug-likeness (QED) is 0.515. The summed E-state index contributed by atoms with van der Waals surface area (Å²) in [5.41, 5.74) is 0. The van der Waals surface area contributed by atoms with Crippen molar-refractivity contribution in [1.29, 1.82) is 0 Å². The molecule has 0 aliphatic rings. The third-order valence-corrected chi connectivity index (χ3v) is 0. The van der Waals surface area contributed by atoms with Gasteiger partial charge in [0.1, 0.15) is 0 Å². The normalized spacial score (nSPS) is 0. The van der Waals surface area contributed by atoms with Crippen molar-refractivity contribution in [2.75, 3.05) is 0 Å². The molecule has 0 spiro atoms. The van der Waals surface area contributed by atoms with Gasteiger partial charge in [-0.2, -0.15) is 0 Å². The molecule has 0 aromatic heterocycles. The maximum Gasteiger partial charge on any atom is 2.00 e. The van der Waals surface area contributed by atoms with Crippen LogP contribution in [0.5, 0.6) is 0 Å². The van der Waals surface area contributed by atoms with E-state index in [4.69, 9.17) is 0 Å². The minimum absolute atomic E-state index is 0. The first-order valence-corrected chi connectivity index (χ1v) is 0. The van der Waals surface area contributed by atoms with Crippen molar-refractivity contribution in [2.24, 2.45) is 0 Å². The molecule has 0 aromatic carbocycles. The van der Waals surface area contributed by atoms with Gasteiger partial charge in [-0.25, -0.2) is 0 Å². The third-order valence-electron chi connectivity index (χ3n) is 0. The molecule has 0 saturated heterocycles. The van der Waals surface area contributed by atoms with Crippen LogP contribution in [-0.2, 0) is 16.8 Å². The largest absolute Gasteiger partial charge is 2.00 e. The van der Waals surface area contributed by atoms with Gasteiger partial charge in [-0.3, -0.25) is 0 Å². The molecule has 0 aromatic rings. The Labute approximate surface area is 104 Å². The van der Waals surface area contributed by atoms with E-state index in [1.807, 2.05) is 0 Å². The Morgan fingerprint density at radius 3 is 1.25 bits per heavy atom. The van der Waals surface area contributed by atoms with Crippen molar-refractivity contribution >= 4 is 45.5 Å². The van der Waals surface area contributed by atoms with E-state index in [0.29, 0.717) is 0 Å². The molecule has 0 saturated carbocycles. The summed E-state index contributed by atoms with van der Waals surface area (Å²) in [7, 11) is 0. The Morgan fingerprint density at radius 1 is 1.25 bits per heavy atom. The maximum atomic E-state index is 0. The van der Waals surface area contributed by atoms with Crippen LogP contribution in [0.15, 0.2) is 0 Å². The molecule has 0 aliphatic carbocycles.